The Morgan fingerprint density at radius 1 is 1.40 bits per heavy atom. The molecule has 0 aliphatic rings. The van der Waals surface area contributed by atoms with Crippen molar-refractivity contribution in [2.75, 3.05) is 6.61 Å². The van der Waals surface area contributed by atoms with Crippen molar-refractivity contribution in [1.29, 1.82) is 0 Å². The zero-order valence-corrected chi connectivity index (χ0v) is 11.4. The van der Waals surface area contributed by atoms with Crippen molar-refractivity contribution >= 4 is 11.7 Å². The number of esters is 1. The van der Waals surface area contributed by atoms with Crippen molar-refractivity contribution in [3.8, 4) is 0 Å². The number of halogens is 1. The minimum absolute atomic E-state index is 0.167. The molecular formula is C15H15FN2O2. The number of aryl methyl sites for hydroxylation is 1. The fourth-order valence-electron chi connectivity index (χ4n) is 1.80. The van der Waals surface area contributed by atoms with E-state index in [1.165, 1.54) is 10.9 Å². The molecule has 0 aliphatic heterocycles. The van der Waals surface area contributed by atoms with Gasteiger partial charge in [0.1, 0.15) is 6.33 Å². The summed E-state index contributed by atoms with van der Waals surface area (Å²) in [6.07, 6.45) is 1.23. The molecule has 2 aromatic rings. The summed E-state index contributed by atoms with van der Waals surface area (Å²) in [6, 6.07) is 7.53. The van der Waals surface area contributed by atoms with E-state index in [2.05, 4.69) is 11.6 Å². The smallest absolute Gasteiger partial charge is 0.360 e. The van der Waals surface area contributed by atoms with Gasteiger partial charge in [0.05, 0.1) is 6.61 Å². The van der Waals surface area contributed by atoms with Crippen LogP contribution in [-0.2, 0) is 4.74 Å². The van der Waals surface area contributed by atoms with Gasteiger partial charge in [0.25, 0.3) is 0 Å². The van der Waals surface area contributed by atoms with E-state index in [0.717, 1.165) is 11.1 Å². The third-order valence-corrected chi connectivity index (χ3v) is 2.87. The second-order valence-corrected chi connectivity index (χ2v) is 4.29. The van der Waals surface area contributed by atoms with Crippen LogP contribution in [0.15, 0.2) is 37.2 Å². The van der Waals surface area contributed by atoms with E-state index < -0.39 is 11.9 Å². The average molecular weight is 274 g/mol. The van der Waals surface area contributed by atoms with Gasteiger partial charge < -0.3 is 4.74 Å². The van der Waals surface area contributed by atoms with Crippen molar-refractivity contribution in [2.24, 2.45) is 0 Å². The summed E-state index contributed by atoms with van der Waals surface area (Å²) in [4.78, 5) is 15.3. The number of ether oxygens (including phenoxy) is 1. The van der Waals surface area contributed by atoms with Gasteiger partial charge in [-0.25, -0.2) is 9.78 Å². The van der Waals surface area contributed by atoms with E-state index in [0.29, 0.717) is 5.70 Å². The molecule has 104 valence electrons. The van der Waals surface area contributed by atoms with Crippen molar-refractivity contribution in [3.05, 3.63) is 59.9 Å². The zero-order chi connectivity index (χ0) is 14.7. The standard InChI is InChI=1S/C15H15FN2O2/c1-4-20-15(19)13-14(16)17-9-18(13)11(3)12-7-5-10(2)6-8-12/h5-9H,3-4H2,1-2H3. The van der Waals surface area contributed by atoms with Gasteiger partial charge in [0.2, 0.25) is 5.95 Å². The lowest BCUT2D eigenvalue weighted by atomic mass is 10.1. The lowest BCUT2D eigenvalue weighted by Gasteiger charge is -2.10. The van der Waals surface area contributed by atoms with E-state index in [1.54, 1.807) is 6.92 Å². The van der Waals surface area contributed by atoms with E-state index >= 15 is 0 Å². The van der Waals surface area contributed by atoms with Crippen LogP contribution in [0.25, 0.3) is 5.70 Å². The number of hydrogen-bond acceptors (Lipinski definition) is 3. The lowest BCUT2D eigenvalue weighted by Crippen LogP contribution is -2.13. The topological polar surface area (TPSA) is 44.1 Å². The monoisotopic (exact) mass is 274 g/mol. The van der Waals surface area contributed by atoms with Crippen LogP contribution in [0.3, 0.4) is 0 Å². The molecule has 0 radical (unpaired) electrons. The molecule has 0 N–H and O–H groups in total. The van der Waals surface area contributed by atoms with E-state index in [4.69, 9.17) is 4.74 Å². The van der Waals surface area contributed by atoms with Gasteiger partial charge >= 0.3 is 5.97 Å². The van der Waals surface area contributed by atoms with Crippen LogP contribution in [0.2, 0.25) is 0 Å². The highest BCUT2D eigenvalue weighted by atomic mass is 19.1. The molecule has 0 fully saturated rings. The Bertz CT molecular complexity index is 644. The largest absolute Gasteiger partial charge is 0.461 e. The van der Waals surface area contributed by atoms with Gasteiger partial charge in [-0.1, -0.05) is 36.4 Å². The second kappa shape index (κ2) is 5.69. The van der Waals surface area contributed by atoms with E-state index in [9.17, 15) is 9.18 Å². The second-order valence-electron chi connectivity index (χ2n) is 4.29. The van der Waals surface area contributed by atoms with Gasteiger partial charge in [-0.2, -0.15) is 4.39 Å². The number of benzene rings is 1. The van der Waals surface area contributed by atoms with E-state index in [1.807, 2.05) is 31.2 Å². The Morgan fingerprint density at radius 3 is 2.65 bits per heavy atom. The Kier molecular flexibility index (Phi) is 3.98. The molecule has 4 nitrogen and oxygen atoms in total. The average Bonchev–Trinajstić information content (AvgIpc) is 2.81. The normalized spacial score (nSPS) is 10.3. The maximum absolute atomic E-state index is 13.7. The Balaban J connectivity index is 2.40. The molecule has 0 amide bonds. The van der Waals surface area contributed by atoms with Crippen LogP contribution in [-0.4, -0.2) is 22.1 Å². The predicted octanol–water partition coefficient (Wildman–Crippen LogP) is 3.03. The Labute approximate surface area is 116 Å². The molecule has 0 aliphatic carbocycles. The zero-order valence-electron chi connectivity index (χ0n) is 11.4. The quantitative estimate of drug-likeness (QED) is 0.805. The molecule has 0 saturated carbocycles. The number of carbonyl (C=O) groups excluding carboxylic acids is 1. The van der Waals surface area contributed by atoms with Crippen molar-refractivity contribution in [2.45, 2.75) is 13.8 Å². The predicted molar refractivity (Wildman–Crippen MR) is 73.8 cm³/mol. The number of imidazole rings is 1. The molecule has 0 atom stereocenters. The Morgan fingerprint density at radius 2 is 2.05 bits per heavy atom. The minimum atomic E-state index is -0.864. The number of rotatable bonds is 4. The third kappa shape index (κ3) is 2.61. The van der Waals surface area contributed by atoms with Gasteiger partial charge in [-0.15, -0.1) is 0 Å². The molecule has 1 heterocycles. The first-order valence-electron chi connectivity index (χ1n) is 6.21. The van der Waals surface area contributed by atoms with Crippen LogP contribution >= 0.6 is 0 Å². The van der Waals surface area contributed by atoms with Crippen molar-refractivity contribution in [1.82, 2.24) is 9.55 Å². The molecule has 1 aromatic carbocycles. The first-order valence-corrected chi connectivity index (χ1v) is 6.21. The molecule has 2 rings (SSSR count). The van der Waals surface area contributed by atoms with Crippen LogP contribution < -0.4 is 0 Å². The number of nitrogens with zero attached hydrogens (tertiary/aromatic N) is 2. The molecule has 20 heavy (non-hydrogen) atoms. The number of aromatic nitrogens is 2. The fourth-order valence-corrected chi connectivity index (χ4v) is 1.80. The van der Waals surface area contributed by atoms with Crippen LogP contribution in [0.5, 0.6) is 0 Å². The minimum Gasteiger partial charge on any atom is -0.461 e. The fraction of sp³-hybridized carbons (Fsp3) is 0.200. The maximum Gasteiger partial charge on any atom is 0.360 e. The third-order valence-electron chi connectivity index (χ3n) is 2.87. The summed E-state index contributed by atoms with van der Waals surface area (Å²) in [5, 5.41) is 0. The van der Waals surface area contributed by atoms with Crippen molar-refractivity contribution < 1.29 is 13.9 Å². The lowest BCUT2D eigenvalue weighted by molar-refractivity contribution is 0.0511. The molecule has 0 saturated heterocycles. The van der Waals surface area contributed by atoms with Crippen LogP contribution in [0.1, 0.15) is 28.5 Å². The summed E-state index contributed by atoms with van der Waals surface area (Å²) in [7, 11) is 0. The molecule has 0 spiro atoms. The highest BCUT2D eigenvalue weighted by molar-refractivity contribution is 5.89. The molecule has 5 heteroatoms. The van der Waals surface area contributed by atoms with Crippen LogP contribution in [0, 0.1) is 12.9 Å². The SMILES string of the molecule is C=C(c1ccc(C)cc1)n1cnc(F)c1C(=O)OCC. The summed E-state index contributed by atoms with van der Waals surface area (Å²) in [5.41, 5.74) is 2.10. The van der Waals surface area contributed by atoms with Gasteiger partial charge in [0.15, 0.2) is 5.69 Å². The summed E-state index contributed by atoms with van der Waals surface area (Å²) >= 11 is 0. The summed E-state index contributed by atoms with van der Waals surface area (Å²) < 4.78 is 19.8. The number of carbonyl (C=O) groups is 1. The summed E-state index contributed by atoms with van der Waals surface area (Å²) in [5.74, 6) is -1.62. The van der Waals surface area contributed by atoms with Gasteiger partial charge in [-0.3, -0.25) is 4.57 Å². The van der Waals surface area contributed by atoms with Crippen molar-refractivity contribution in [3.63, 3.8) is 0 Å². The first-order chi connectivity index (χ1) is 9.54. The Hall–Kier alpha value is -2.43. The maximum atomic E-state index is 13.7. The highest BCUT2D eigenvalue weighted by Gasteiger charge is 2.22. The molecular weight excluding hydrogens is 259 g/mol. The van der Waals surface area contributed by atoms with E-state index in [-0.39, 0.29) is 12.3 Å². The first kappa shape index (κ1) is 14.0. The number of hydrogen-bond donors (Lipinski definition) is 0. The van der Waals surface area contributed by atoms with Crippen LogP contribution in [0.4, 0.5) is 4.39 Å². The molecule has 0 bridgehead atoms. The van der Waals surface area contributed by atoms with Gasteiger partial charge in [0, 0.05) is 5.70 Å². The molecule has 0 unspecified atom stereocenters. The highest BCUT2D eigenvalue weighted by Crippen LogP contribution is 2.20. The van der Waals surface area contributed by atoms with Gasteiger partial charge in [-0.05, 0) is 19.4 Å². The summed E-state index contributed by atoms with van der Waals surface area (Å²) in [6.45, 7) is 7.68. The molecule has 1 aromatic heterocycles.